The molecule has 0 unspecified atom stereocenters. The highest BCUT2D eigenvalue weighted by Crippen LogP contribution is 2.22. The molecule has 8 heteroatoms. The van der Waals surface area contributed by atoms with Gasteiger partial charge in [0.05, 0.1) is 0 Å². The Balaban J connectivity index is 1.63. The lowest BCUT2D eigenvalue weighted by Crippen LogP contribution is -2.23. The molecule has 162 valence electrons. The van der Waals surface area contributed by atoms with Crippen LogP contribution < -0.4 is 20.9 Å². The molecular formula is C23H28N6OS. The minimum Gasteiger partial charge on any atom is -0.357 e. The van der Waals surface area contributed by atoms with E-state index < -0.39 is 0 Å². The topological polar surface area (TPSA) is 82.2 Å². The molecule has 0 aliphatic rings. The Labute approximate surface area is 187 Å². The summed E-state index contributed by atoms with van der Waals surface area (Å²) in [6.45, 7) is 7.87. The molecule has 1 aromatic heterocycles. The highest BCUT2D eigenvalue weighted by Gasteiger charge is 2.08. The first-order valence-corrected chi connectivity index (χ1v) is 11.4. The predicted octanol–water partition coefficient (Wildman–Crippen LogP) is 5.74. The van der Waals surface area contributed by atoms with E-state index in [1.54, 1.807) is 11.8 Å². The number of anilines is 5. The van der Waals surface area contributed by atoms with Crippen LogP contribution in [0.4, 0.5) is 33.5 Å². The number of nitrogens with zero attached hydrogens (tertiary/aromatic N) is 3. The number of aryl methyl sites for hydroxylation is 1. The third-order valence-electron chi connectivity index (χ3n) is 4.65. The SMILES string of the molecule is CCN(CC)c1cc(Nc2ccc(NC(=O)Nc3cccc(SC)c3)cc2)nc(C)n1. The van der Waals surface area contributed by atoms with Crippen molar-refractivity contribution in [3.05, 3.63) is 60.4 Å². The van der Waals surface area contributed by atoms with E-state index in [2.05, 4.69) is 44.7 Å². The number of benzene rings is 2. The number of thioether (sulfide) groups is 1. The summed E-state index contributed by atoms with van der Waals surface area (Å²) in [6, 6.07) is 16.9. The maximum Gasteiger partial charge on any atom is 0.323 e. The summed E-state index contributed by atoms with van der Waals surface area (Å²) < 4.78 is 0. The van der Waals surface area contributed by atoms with E-state index >= 15 is 0 Å². The standard InChI is InChI=1S/C23H28N6OS/c1-5-29(6-2)22-15-21(24-16(3)25-22)26-17-10-12-18(13-11-17)27-23(30)28-19-8-7-9-20(14-19)31-4/h7-15H,5-6H2,1-4H3,(H,24,25,26)(H2,27,28,30). The molecule has 3 rings (SSSR count). The largest absolute Gasteiger partial charge is 0.357 e. The first-order chi connectivity index (χ1) is 15.0. The first kappa shape index (κ1) is 22.4. The zero-order valence-electron chi connectivity index (χ0n) is 18.3. The van der Waals surface area contributed by atoms with Gasteiger partial charge >= 0.3 is 6.03 Å². The van der Waals surface area contributed by atoms with E-state index in [9.17, 15) is 4.79 Å². The van der Waals surface area contributed by atoms with Crippen LogP contribution in [0.2, 0.25) is 0 Å². The second-order valence-corrected chi connectivity index (χ2v) is 7.72. The van der Waals surface area contributed by atoms with Gasteiger partial charge in [-0.2, -0.15) is 0 Å². The van der Waals surface area contributed by atoms with E-state index in [4.69, 9.17) is 0 Å². The van der Waals surface area contributed by atoms with Crippen LogP contribution in [0.15, 0.2) is 59.5 Å². The van der Waals surface area contributed by atoms with Crippen molar-refractivity contribution in [3.8, 4) is 0 Å². The normalized spacial score (nSPS) is 10.5. The highest BCUT2D eigenvalue weighted by atomic mass is 32.2. The molecule has 2 amide bonds. The Morgan fingerprint density at radius 3 is 2.29 bits per heavy atom. The Kier molecular flexibility index (Phi) is 7.72. The molecule has 0 saturated carbocycles. The van der Waals surface area contributed by atoms with Crippen molar-refractivity contribution in [2.24, 2.45) is 0 Å². The summed E-state index contributed by atoms with van der Waals surface area (Å²) in [5.41, 5.74) is 2.33. The van der Waals surface area contributed by atoms with Gasteiger partial charge in [0.15, 0.2) is 0 Å². The maximum atomic E-state index is 12.3. The lowest BCUT2D eigenvalue weighted by Gasteiger charge is -2.20. The quantitative estimate of drug-likeness (QED) is 0.391. The molecule has 2 aromatic carbocycles. The summed E-state index contributed by atoms with van der Waals surface area (Å²) in [5, 5.41) is 9.02. The van der Waals surface area contributed by atoms with Crippen LogP contribution in [0.1, 0.15) is 19.7 Å². The Hall–Kier alpha value is -3.26. The Morgan fingerprint density at radius 2 is 1.61 bits per heavy atom. The van der Waals surface area contributed by atoms with Crippen LogP contribution in [-0.2, 0) is 0 Å². The van der Waals surface area contributed by atoms with Crippen LogP contribution in [0.5, 0.6) is 0 Å². The summed E-state index contributed by atoms with van der Waals surface area (Å²) >= 11 is 1.63. The molecule has 7 nitrogen and oxygen atoms in total. The molecule has 0 bridgehead atoms. The maximum absolute atomic E-state index is 12.3. The monoisotopic (exact) mass is 436 g/mol. The lowest BCUT2D eigenvalue weighted by molar-refractivity contribution is 0.262. The molecule has 3 N–H and O–H groups in total. The van der Waals surface area contributed by atoms with Crippen molar-refractivity contribution in [3.63, 3.8) is 0 Å². The zero-order valence-corrected chi connectivity index (χ0v) is 19.1. The number of hydrogen-bond donors (Lipinski definition) is 3. The number of aromatic nitrogens is 2. The van der Waals surface area contributed by atoms with Crippen LogP contribution in [0, 0.1) is 6.92 Å². The third kappa shape index (κ3) is 6.36. The minimum absolute atomic E-state index is 0.283. The number of hydrogen-bond acceptors (Lipinski definition) is 6. The van der Waals surface area contributed by atoms with Crippen molar-refractivity contribution < 1.29 is 4.79 Å². The van der Waals surface area contributed by atoms with Crippen LogP contribution in [0.25, 0.3) is 0 Å². The summed E-state index contributed by atoms with van der Waals surface area (Å²) in [4.78, 5) is 24.6. The Bertz CT molecular complexity index is 1020. The summed E-state index contributed by atoms with van der Waals surface area (Å²) in [7, 11) is 0. The van der Waals surface area contributed by atoms with Crippen molar-refractivity contribution in [2.75, 3.05) is 40.2 Å². The van der Waals surface area contributed by atoms with E-state index in [-0.39, 0.29) is 6.03 Å². The van der Waals surface area contributed by atoms with Crippen molar-refractivity contribution in [1.82, 2.24) is 9.97 Å². The van der Waals surface area contributed by atoms with Gasteiger partial charge in [0.1, 0.15) is 17.5 Å². The fourth-order valence-corrected chi connectivity index (χ4v) is 3.56. The van der Waals surface area contributed by atoms with Gasteiger partial charge in [0, 0.05) is 41.1 Å². The summed E-state index contributed by atoms with van der Waals surface area (Å²) in [5.74, 6) is 2.36. The first-order valence-electron chi connectivity index (χ1n) is 10.2. The number of amides is 2. The van der Waals surface area contributed by atoms with Crippen LogP contribution in [0.3, 0.4) is 0 Å². The second kappa shape index (κ2) is 10.7. The van der Waals surface area contributed by atoms with E-state index in [1.165, 1.54) is 0 Å². The van der Waals surface area contributed by atoms with Gasteiger partial charge in [-0.15, -0.1) is 11.8 Å². The highest BCUT2D eigenvalue weighted by molar-refractivity contribution is 7.98. The van der Waals surface area contributed by atoms with Crippen LogP contribution in [-0.4, -0.2) is 35.3 Å². The molecule has 31 heavy (non-hydrogen) atoms. The van der Waals surface area contributed by atoms with E-state index in [1.807, 2.05) is 67.8 Å². The van der Waals surface area contributed by atoms with Gasteiger partial charge in [0.25, 0.3) is 0 Å². The summed E-state index contributed by atoms with van der Waals surface area (Å²) in [6.07, 6.45) is 2.00. The predicted molar refractivity (Wildman–Crippen MR) is 131 cm³/mol. The van der Waals surface area contributed by atoms with E-state index in [0.717, 1.165) is 41.0 Å². The van der Waals surface area contributed by atoms with E-state index in [0.29, 0.717) is 11.5 Å². The molecule has 0 aliphatic heterocycles. The van der Waals surface area contributed by atoms with Crippen molar-refractivity contribution in [2.45, 2.75) is 25.7 Å². The molecular weight excluding hydrogens is 408 g/mol. The number of nitrogens with one attached hydrogen (secondary N) is 3. The van der Waals surface area contributed by atoms with Gasteiger partial charge in [-0.25, -0.2) is 14.8 Å². The minimum atomic E-state index is -0.283. The number of rotatable bonds is 8. The number of carbonyl (C=O) groups is 1. The van der Waals surface area contributed by atoms with Gasteiger partial charge in [-0.3, -0.25) is 0 Å². The average Bonchev–Trinajstić information content (AvgIpc) is 2.76. The smallest absolute Gasteiger partial charge is 0.323 e. The van der Waals surface area contributed by atoms with Gasteiger partial charge in [-0.1, -0.05) is 6.07 Å². The van der Waals surface area contributed by atoms with Gasteiger partial charge in [0.2, 0.25) is 0 Å². The third-order valence-corrected chi connectivity index (χ3v) is 5.38. The molecule has 0 aliphatic carbocycles. The molecule has 0 radical (unpaired) electrons. The fraction of sp³-hybridized carbons (Fsp3) is 0.261. The number of carbonyl (C=O) groups excluding carboxylic acids is 1. The Morgan fingerprint density at radius 1 is 0.935 bits per heavy atom. The fourth-order valence-electron chi connectivity index (χ4n) is 3.10. The van der Waals surface area contributed by atoms with Gasteiger partial charge in [-0.05, 0) is 69.5 Å². The lowest BCUT2D eigenvalue weighted by atomic mass is 10.2. The molecule has 0 atom stereocenters. The number of urea groups is 1. The molecule has 0 fully saturated rings. The second-order valence-electron chi connectivity index (χ2n) is 6.84. The van der Waals surface area contributed by atoms with Crippen molar-refractivity contribution in [1.29, 1.82) is 0 Å². The molecule has 0 spiro atoms. The molecule has 0 saturated heterocycles. The van der Waals surface area contributed by atoms with Gasteiger partial charge < -0.3 is 20.9 Å². The molecule has 1 heterocycles. The van der Waals surface area contributed by atoms with Crippen molar-refractivity contribution >= 4 is 46.5 Å². The molecule has 3 aromatic rings. The average molecular weight is 437 g/mol. The zero-order chi connectivity index (χ0) is 22.2. The van der Waals surface area contributed by atoms with Crippen LogP contribution >= 0.6 is 11.8 Å².